The molecule has 0 bridgehead atoms. The number of ether oxygens (including phenoxy) is 2. The summed E-state index contributed by atoms with van der Waals surface area (Å²) >= 11 is 0. The van der Waals surface area contributed by atoms with Crippen LogP contribution in [0.15, 0.2) is 48.1 Å². The van der Waals surface area contributed by atoms with Crippen LogP contribution in [-0.2, 0) is 16.0 Å². The van der Waals surface area contributed by atoms with Crippen molar-refractivity contribution < 1.29 is 14.3 Å². The standard InChI is InChI=1S/C24H36O3/c1-7-21-13-15-22(16-14-21)27-23(25)18-20(3)11-8-10-19(2)12-9-17-24(4,5)26-6/h8,11,13-16,18-19H,7,9-10,12,17H2,1-6H3/b11-8+,20-18+. The molecule has 0 N–H and O–H groups in total. The number of esters is 1. The van der Waals surface area contributed by atoms with E-state index in [9.17, 15) is 4.79 Å². The number of rotatable bonds is 11. The highest BCUT2D eigenvalue weighted by molar-refractivity contribution is 5.85. The number of hydrogen-bond donors (Lipinski definition) is 0. The van der Waals surface area contributed by atoms with Gasteiger partial charge in [0.1, 0.15) is 5.75 Å². The van der Waals surface area contributed by atoms with E-state index in [1.807, 2.05) is 37.3 Å². The lowest BCUT2D eigenvalue weighted by Crippen LogP contribution is -2.22. The molecule has 1 aromatic rings. The maximum absolute atomic E-state index is 12.0. The van der Waals surface area contributed by atoms with Crippen LogP contribution >= 0.6 is 0 Å². The number of aryl methyl sites for hydroxylation is 1. The van der Waals surface area contributed by atoms with Crippen molar-refractivity contribution in [1.29, 1.82) is 0 Å². The lowest BCUT2D eigenvalue weighted by atomic mass is 9.95. The first-order valence-electron chi connectivity index (χ1n) is 9.96. The quantitative estimate of drug-likeness (QED) is 0.198. The number of carbonyl (C=O) groups is 1. The van der Waals surface area contributed by atoms with Gasteiger partial charge < -0.3 is 9.47 Å². The predicted octanol–water partition coefficient (Wildman–Crippen LogP) is 6.28. The van der Waals surface area contributed by atoms with E-state index in [0.717, 1.165) is 31.3 Å². The minimum atomic E-state index is -0.337. The molecule has 0 fully saturated rings. The molecule has 1 rings (SSSR count). The van der Waals surface area contributed by atoms with E-state index in [1.54, 1.807) is 7.11 Å². The van der Waals surface area contributed by atoms with E-state index in [0.29, 0.717) is 11.7 Å². The van der Waals surface area contributed by atoms with Crippen LogP contribution in [0.3, 0.4) is 0 Å². The van der Waals surface area contributed by atoms with E-state index in [1.165, 1.54) is 18.1 Å². The molecule has 150 valence electrons. The highest BCUT2D eigenvalue weighted by Crippen LogP contribution is 2.20. The Hall–Kier alpha value is -1.87. The summed E-state index contributed by atoms with van der Waals surface area (Å²) in [6.07, 6.45) is 11.1. The van der Waals surface area contributed by atoms with E-state index in [2.05, 4.69) is 33.8 Å². The van der Waals surface area contributed by atoms with Crippen LogP contribution in [0.2, 0.25) is 0 Å². The van der Waals surface area contributed by atoms with Gasteiger partial charge in [0, 0.05) is 13.2 Å². The zero-order valence-electron chi connectivity index (χ0n) is 17.9. The summed E-state index contributed by atoms with van der Waals surface area (Å²) in [5, 5.41) is 0. The van der Waals surface area contributed by atoms with Crippen LogP contribution < -0.4 is 4.74 Å². The van der Waals surface area contributed by atoms with Gasteiger partial charge in [0.05, 0.1) is 5.60 Å². The van der Waals surface area contributed by atoms with Crippen molar-refractivity contribution in [2.45, 2.75) is 72.3 Å². The normalized spacial score (nSPS) is 13.8. The average Bonchev–Trinajstić information content (AvgIpc) is 2.62. The van der Waals surface area contributed by atoms with Gasteiger partial charge in [-0.25, -0.2) is 4.79 Å². The third-order valence-corrected chi connectivity index (χ3v) is 4.84. The lowest BCUT2D eigenvalue weighted by Gasteiger charge is -2.23. The van der Waals surface area contributed by atoms with Gasteiger partial charge in [-0.1, -0.05) is 51.0 Å². The van der Waals surface area contributed by atoms with Gasteiger partial charge in [0.2, 0.25) is 0 Å². The van der Waals surface area contributed by atoms with Crippen LogP contribution in [-0.4, -0.2) is 18.7 Å². The Morgan fingerprint density at radius 1 is 1.22 bits per heavy atom. The van der Waals surface area contributed by atoms with Crippen molar-refractivity contribution in [3.8, 4) is 5.75 Å². The maximum atomic E-state index is 12.0. The Morgan fingerprint density at radius 2 is 1.89 bits per heavy atom. The Morgan fingerprint density at radius 3 is 2.48 bits per heavy atom. The van der Waals surface area contributed by atoms with E-state index >= 15 is 0 Å². The fourth-order valence-corrected chi connectivity index (χ4v) is 2.76. The van der Waals surface area contributed by atoms with Crippen molar-refractivity contribution >= 4 is 5.97 Å². The number of hydrogen-bond acceptors (Lipinski definition) is 3. The van der Waals surface area contributed by atoms with Gasteiger partial charge in [-0.3, -0.25) is 0 Å². The fourth-order valence-electron chi connectivity index (χ4n) is 2.76. The Bertz CT molecular complexity index is 624. The topological polar surface area (TPSA) is 35.5 Å². The molecule has 27 heavy (non-hydrogen) atoms. The molecular formula is C24H36O3. The minimum Gasteiger partial charge on any atom is -0.423 e. The van der Waals surface area contributed by atoms with Gasteiger partial charge in [0.15, 0.2) is 0 Å². The van der Waals surface area contributed by atoms with Gasteiger partial charge in [0.25, 0.3) is 0 Å². The van der Waals surface area contributed by atoms with Gasteiger partial charge in [-0.2, -0.15) is 0 Å². The number of methoxy groups -OCH3 is 1. The first kappa shape index (κ1) is 23.2. The Kier molecular flexibility index (Phi) is 10.1. The van der Waals surface area contributed by atoms with Crippen LogP contribution in [0.5, 0.6) is 5.75 Å². The highest BCUT2D eigenvalue weighted by atomic mass is 16.5. The molecule has 0 saturated heterocycles. The van der Waals surface area contributed by atoms with Gasteiger partial charge >= 0.3 is 5.97 Å². The molecule has 0 spiro atoms. The number of benzene rings is 1. The van der Waals surface area contributed by atoms with Gasteiger partial charge in [-0.05, 0) is 69.2 Å². The predicted molar refractivity (Wildman–Crippen MR) is 113 cm³/mol. The van der Waals surface area contributed by atoms with Crippen molar-refractivity contribution in [3.63, 3.8) is 0 Å². The van der Waals surface area contributed by atoms with Crippen LogP contribution in [0.4, 0.5) is 0 Å². The van der Waals surface area contributed by atoms with Crippen molar-refractivity contribution in [1.82, 2.24) is 0 Å². The minimum absolute atomic E-state index is 0.0356. The van der Waals surface area contributed by atoms with E-state index in [-0.39, 0.29) is 11.6 Å². The van der Waals surface area contributed by atoms with Crippen LogP contribution in [0, 0.1) is 5.92 Å². The average molecular weight is 373 g/mol. The molecule has 3 nitrogen and oxygen atoms in total. The summed E-state index contributed by atoms with van der Waals surface area (Å²) in [5.74, 6) is 0.861. The maximum Gasteiger partial charge on any atom is 0.336 e. The third kappa shape index (κ3) is 10.1. The third-order valence-electron chi connectivity index (χ3n) is 4.84. The summed E-state index contributed by atoms with van der Waals surface area (Å²) in [4.78, 5) is 12.0. The molecule has 0 aromatic heterocycles. The van der Waals surface area contributed by atoms with E-state index < -0.39 is 0 Å². The second kappa shape index (κ2) is 11.8. The SMILES string of the molecule is CCc1ccc(OC(=O)/C=C(C)/C=C/CC(C)CCCC(C)(C)OC)cc1. The highest BCUT2D eigenvalue weighted by Gasteiger charge is 2.15. The largest absolute Gasteiger partial charge is 0.423 e. The molecule has 3 heteroatoms. The molecular weight excluding hydrogens is 336 g/mol. The van der Waals surface area contributed by atoms with Crippen molar-refractivity contribution in [2.75, 3.05) is 7.11 Å². The molecule has 0 aliphatic rings. The summed E-state index contributed by atoms with van der Waals surface area (Å²) in [6, 6.07) is 7.63. The van der Waals surface area contributed by atoms with Crippen molar-refractivity contribution in [3.05, 3.63) is 53.6 Å². The zero-order valence-corrected chi connectivity index (χ0v) is 17.9. The summed E-state index contributed by atoms with van der Waals surface area (Å²) < 4.78 is 10.8. The molecule has 0 amide bonds. The monoisotopic (exact) mass is 372 g/mol. The first-order valence-corrected chi connectivity index (χ1v) is 9.96. The fraction of sp³-hybridized carbons (Fsp3) is 0.542. The second-order valence-corrected chi connectivity index (χ2v) is 7.91. The Balaban J connectivity index is 2.37. The van der Waals surface area contributed by atoms with Crippen LogP contribution in [0.1, 0.15) is 65.9 Å². The second-order valence-electron chi connectivity index (χ2n) is 7.91. The summed E-state index contributed by atoms with van der Waals surface area (Å²) in [6.45, 7) is 10.5. The van der Waals surface area contributed by atoms with Crippen molar-refractivity contribution in [2.24, 2.45) is 5.92 Å². The molecule has 0 saturated carbocycles. The molecule has 1 unspecified atom stereocenters. The smallest absolute Gasteiger partial charge is 0.336 e. The molecule has 0 heterocycles. The number of allylic oxidation sites excluding steroid dienone is 3. The number of carbonyl (C=O) groups excluding carboxylic acids is 1. The molecule has 0 aliphatic carbocycles. The summed E-state index contributed by atoms with van der Waals surface area (Å²) in [7, 11) is 1.77. The molecule has 0 radical (unpaired) electrons. The Labute approximate surface area is 165 Å². The first-order chi connectivity index (χ1) is 12.8. The molecule has 1 aromatic carbocycles. The van der Waals surface area contributed by atoms with Gasteiger partial charge in [-0.15, -0.1) is 0 Å². The molecule has 1 atom stereocenters. The van der Waals surface area contributed by atoms with Crippen LogP contribution in [0.25, 0.3) is 0 Å². The lowest BCUT2D eigenvalue weighted by molar-refractivity contribution is -0.129. The zero-order chi connectivity index (χ0) is 20.3. The summed E-state index contributed by atoms with van der Waals surface area (Å²) in [5.41, 5.74) is 2.09. The molecule has 0 aliphatic heterocycles. The van der Waals surface area contributed by atoms with E-state index in [4.69, 9.17) is 9.47 Å².